The fourth-order valence-corrected chi connectivity index (χ4v) is 3.85. The molecule has 2 heterocycles. The number of aliphatic hydroxyl groups is 1. The number of thioether (sulfide) groups is 1. The average molecular weight is 310 g/mol. The number of hydrogen-bond donors (Lipinski definition) is 2. The lowest BCUT2D eigenvalue weighted by Gasteiger charge is -2.34. The molecule has 0 aliphatic carbocycles. The van der Waals surface area contributed by atoms with Crippen molar-refractivity contribution in [2.75, 3.05) is 5.75 Å². The molecule has 21 heavy (non-hydrogen) atoms. The molecule has 1 aliphatic rings. The smallest absolute Gasteiger partial charge is 0.233 e. The zero-order valence-corrected chi connectivity index (χ0v) is 13.7. The molecule has 2 N–H and O–H groups in total. The SMILES string of the molecule is Cc1ncc(CO)c(CN2C(=O)CSC2C(C)(C)C)c1O. The number of aryl methyl sites for hydroxylation is 1. The molecule has 1 unspecified atom stereocenters. The van der Waals surface area contributed by atoms with E-state index in [1.165, 1.54) is 0 Å². The highest BCUT2D eigenvalue weighted by Crippen LogP contribution is 2.40. The first-order valence-electron chi connectivity index (χ1n) is 6.94. The minimum Gasteiger partial charge on any atom is -0.506 e. The van der Waals surface area contributed by atoms with E-state index in [0.717, 1.165) is 0 Å². The van der Waals surface area contributed by atoms with Crippen LogP contribution in [0.1, 0.15) is 37.6 Å². The fourth-order valence-electron chi connectivity index (χ4n) is 2.51. The van der Waals surface area contributed by atoms with E-state index in [-0.39, 0.29) is 29.1 Å². The van der Waals surface area contributed by atoms with Gasteiger partial charge in [-0.3, -0.25) is 9.78 Å². The Kier molecular flexibility index (Phi) is 4.49. The van der Waals surface area contributed by atoms with Gasteiger partial charge in [0.25, 0.3) is 0 Å². The largest absolute Gasteiger partial charge is 0.506 e. The standard InChI is InChI=1S/C15H22N2O3S/c1-9-13(20)11(10(7-18)5-16-9)6-17-12(19)8-21-14(17)15(2,3)4/h5,14,18,20H,6-8H2,1-4H3. The predicted octanol–water partition coefficient (Wildman–Crippen LogP) is 2.04. The van der Waals surface area contributed by atoms with Crippen LogP contribution < -0.4 is 0 Å². The van der Waals surface area contributed by atoms with Gasteiger partial charge in [0.05, 0.1) is 30.0 Å². The molecular weight excluding hydrogens is 288 g/mol. The van der Waals surface area contributed by atoms with Gasteiger partial charge < -0.3 is 15.1 Å². The quantitative estimate of drug-likeness (QED) is 0.893. The summed E-state index contributed by atoms with van der Waals surface area (Å²) in [5.41, 5.74) is 1.62. The molecular formula is C15H22N2O3S. The predicted molar refractivity (Wildman–Crippen MR) is 82.8 cm³/mol. The maximum Gasteiger partial charge on any atom is 0.233 e. The number of nitrogens with zero attached hydrogens (tertiary/aromatic N) is 2. The summed E-state index contributed by atoms with van der Waals surface area (Å²) < 4.78 is 0. The lowest BCUT2D eigenvalue weighted by Crippen LogP contribution is -2.40. The minimum absolute atomic E-state index is 0.0477. The van der Waals surface area contributed by atoms with Crippen LogP contribution in [0.25, 0.3) is 0 Å². The van der Waals surface area contributed by atoms with Crippen LogP contribution in [0.3, 0.4) is 0 Å². The monoisotopic (exact) mass is 310 g/mol. The topological polar surface area (TPSA) is 73.7 Å². The summed E-state index contributed by atoms with van der Waals surface area (Å²) in [7, 11) is 0. The van der Waals surface area contributed by atoms with Crippen molar-refractivity contribution in [3.05, 3.63) is 23.0 Å². The third kappa shape index (κ3) is 3.16. The highest BCUT2D eigenvalue weighted by molar-refractivity contribution is 8.01. The second kappa shape index (κ2) is 5.85. The summed E-state index contributed by atoms with van der Waals surface area (Å²) in [5, 5.41) is 19.7. The van der Waals surface area contributed by atoms with E-state index < -0.39 is 0 Å². The first-order valence-corrected chi connectivity index (χ1v) is 7.98. The second-order valence-electron chi connectivity index (χ2n) is 6.41. The third-order valence-electron chi connectivity index (χ3n) is 3.64. The molecule has 1 atom stereocenters. The number of carbonyl (C=O) groups is 1. The molecule has 1 saturated heterocycles. The maximum atomic E-state index is 12.2. The third-order valence-corrected chi connectivity index (χ3v) is 5.33. The molecule has 6 heteroatoms. The lowest BCUT2D eigenvalue weighted by atomic mass is 9.95. The van der Waals surface area contributed by atoms with Gasteiger partial charge in [-0.25, -0.2) is 0 Å². The van der Waals surface area contributed by atoms with Gasteiger partial charge in [-0.1, -0.05) is 20.8 Å². The van der Waals surface area contributed by atoms with Gasteiger partial charge in [-0.15, -0.1) is 11.8 Å². The second-order valence-corrected chi connectivity index (χ2v) is 7.47. The summed E-state index contributed by atoms with van der Waals surface area (Å²) in [6.45, 7) is 8.11. The first-order chi connectivity index (χ1) is 9.75. The van der Waals surface area contributed by atoms with Crippen molar-refractivity contribution in [2.45, 2.75) is 46.2 Å². The van der Waals surface area contributed by atoms with Crippen molar-refractivity contribution in [3.63, 3.8) is 0 Å². The van der Waals surface area contributed by atoms with Crippen molar-refractivity contribution in [1.82, 2.24) is 9.88 Å². The van der Waals surface area contributed by atoms with Gasteiger partial charge in [0, 0.05) is 17.3 Å². The Hall–Kier alpha value is -1.27. The lowest BCUT2D eigenvalue weighted by molar-refractivity contribution is -0.129. The molecule has 116 valence electrons. The van der Waals surface area contributed by atoms with Crippen LogP contribution in [0.4, 0.5) is 0 Å². The van der Waals surface area contributed by atoms with E-state index in [1.807, 2.05) is 0 Å². The number of rotatable bonds is 3. The summed E-state index contributed by atoms with van der Waals surface area (Å²) in [6.07, 6.45) is 1.56. The van der Waals surface area contributed by atoms with E-state index in [2.05, 4.69) is 25.8 Å². The van der Waals surface area contributed by atoms with Crippen molar-refractivity contribution < 1.29 is 15.0 Å². The molecule has 2 rings (SSSR count). The number of aliphatic hydroxyl groups excluding tert-OH is 1. The first kappa shape index (κ1) is 16.1. The summed E-state index contributed by atoms with van der Waals surface area (Å²) in [6, 6.07) is 0. The number of aromatic hydroxyl groups is 1. The Morgan fingerprint density at radius 3 is 2.71 bits per heavy atom. The molecule has 1 aliphatic heterocycles. The summed E-state index contributed by atoms with van der Waals surface area (Å²) >= 11 is 1.62. The number of aromatic nitrogens is 1. The number of amides is 1. The van der Waals surface area contributed by atoms with Gasteiger partial charge >= 0.3 is 0 Å². The van der Waals surface area contributed by atoms with E-state index >= 15 is 0 Å². The van der Waals surface area contributed by atoms with Crippen LogP contribution in [0, 0.1) is 12.3 Å². The molecule has 1 aromatic heterocycles. The number of carbonyl (C=O) groups excluding carboxylic acids is 1. The highest BCUT2D eigenvalue weighted by atomic mass is 32.2. The molecule has 5 nitrogen and oxygen atoms in total. The fraction of sp³-hybridized carbons (Fsp3) is 0.600. The van der Waals surface area contributed by atoms with Crippen molar-refractivity contribution in [1.29, 1.82) is 0 Å². The molecule has 1 amide bonds. The molecule has 0 saturated carbocycles. The summed E-state index contributed by atoms with van der Waals surface area (Å²) in [4.78, 5) is 18.0. The van der Waals surface area contributed by atoms with Crippen molar-refractivity contribution in [2.24, 2.45) is 5.41 Å². The van der Waals surface area contributed by atoms with Gasteiger partial charge in [0.15, 0.2) is 0 Å². The van der Waals surface area contributed by atoms with Gasteiger partial charge in [-0.05, 0) is 12.3 Å². The molecule has 1 fully saturated rings. The minimum atomic E-state index is -0.203. The van der Waals surface area contributed by atoms with Crippen LogP contribution in [0.15, 0.2) is 6.20 Å². The molecule has 0 bridgehead atoms. The zero-order chi connectivity index (χ0) is 15.8. The van der Waals surface area contributed by atoms with Gasteiger partial charge in [0.1, 0.15) is 5.75 Å². The van der Waals surface area contributed by atoms with Crippen LogP contribution in [-0.4, -0.2) is 37.1 Å². The Balaban J connectivity index is 2.36. The summed E-state index contributed by atoms with van der Waals surface area (Å²) in [5.74, 6) is 0.595. The molecule has 0 radical (unpaired) electrons. The normalized spacial score (nSPS) is 19.4. The Labute approximate surface area is 129 Å². The van der Waals surface area contributed by atoms with Crippen LogP contribution in [0.2, 0.25) is 0 Å². The molecule has 1 aromatic rings. The van der Waals surface area contributed by atoms with E-state index in [9.17, 15) is 15.0 Å². The van der Waals surface area contributed by atoms with Crippen molar-refractivity contribution in [3.8, 4) is 5.75 Å². The Morgan fingerprint density at radius 2 is 2.14 bits per heavy atom. The number of pyridine rings is 1. The zero-order valence-electron chi connectivity index (χ0n) is 12.9. The van der Waals surface area contributed by atoms with E-state index in [4.69, 9.17) is 0 Å². The Morgan fingerprint density at radius 1 is 1.48 bits per heavy atom. The maximum absolute atomic E-state index is 12.2. The Bertz CT molecular complexity index is 555. The average Bonchev–Trinajstić information content (AvgIpc) is 2.77. The van der Waals surface area contributed by atoms with Gasteiger partial charge in [-0.2, -0.15) is 0 Å². The molecule has 0 aromatic carbocycles. The van der Waals surface area contributed by atoms with Crippen LogP contribution >= 0.6 is 11.8 Å². The number of hydrogen-bond acceptors (Lipinski definition) is 5. The van der Waals surface area contributed by atoms with Crippen molar-refractivity contribution >= 4 is 17.7 Å². The highest BCUT2D eigenvalue weighted by Gasteiger charge is 2.39. The van der Waals surface area contributed by atoms with Crippen LogP contribution in [0.5, 0.6) is 5.75 Å². The van der Waals surface area contributed by atoms with E-state index in [0.29, 0.717) is 29.1 Å². The van der Waals surface area contributed by atoms with Gasteiger partial charge in [0.2, 0.25) is 5.91 Å². The van der Waals surface area contributed by atoms with Crippen LogP contribution in [-0.2, 0) is 17.9 Å². The molecule has 0 spiro atoms. The van der Waals surface area contributed by atoms with E-state index in [1.54, 1.807) is 29.8 Å².